The minimum absolute atomic E-state index is 0.0251. The minimum Gasteiger partial charge on any atom is -0.361 e. The van der Waals surface area contributed by atoms with Crippen LogP contribution in [0.4, 0.5) is 0 Å². The van der Waals surface area contributed by atoms with Crippen LogP contribution in [0.25, 0.3) is 10.4 Å². The van der Waals surface area contributed by atoms with Crippen molar-refractivity contribution in [2.24, 2.45) is 5.41 Å². The Morgan fingerprint density at radius 1 is 1.26 bits per heavy atom. The van der Waals surface area contributed by atoms with E-state index < -0.39 is 5.41 Å². The number of hydrogen-bond donors (Lipinski definition) is 1. The second-order valence-corrected chi connectivity index (χ2v) is 9.05. The van der Waals surface area contributed by atoms with Crippen LogP contribution in [-0.2, 0) is 17.6 Å². The summed E-state index contributed by atoms with van der Waals surface area (Å²) in [4.78, 5) is 29.2. The van der Waals surface area contributed by atoms with Gasteiger partial charge in [-0.1, -0.05) is 42.4 Å². The maximum atomic E-state index is 13.2. The van der Waals surface area contributed by atoms with E-state index >= 15 is 0 Å². The number of aryl methyl sites for hydroxylation is 2. The van der Waals surface area contributed by atoms with Gasteiger partial charge in [-0.3, -0.25) is 9.59 Å². The van der Waals surface area contributed by atoms with Gasteiger partial charge >= 0.3 is 0 Å². The summed E-state index contributed by atoms with van der Waals surface area (Å²) in [7, 11) is 1.66. The molecule has 1 N–H and O–H groups in total. The van der Waals surface area contributed by atoms with E-state index in [1.807, 2.05) is 13.0 Å². The van der Waals surface area contributed by atoms with Gasteiger partial charge in [-0.25, -0.2) is 0 Å². The summed E-state index contributed by atoms with van der Waals surface area (Å²) in [6, 6.07) is 12.5. The Labute approximate surface area is 186 Å². The average molecular weight is 438 g/mol. The van der Waals surface area contributed by atoms with Gasteiger partial charge in [-0.05, 0) is 48.8 Å². The van der Waals surface area contributed by atoms with Crippen molar-refractivity contribution < 1.29 is 14.1 Å². The third-order valence-electron chi connectivity index (χ3n) is 6.13. The van der Waals surface area contributed by atoms with E-state index in [0.717, 1.165) is 5.56 Å². The summed E-state index contributed by atoms with van der Waals surface area (Å²) < 4.78 is 5.25. The third kappa shape index (κ3) is 4.02. The van der Waals surface area contributed by atoms with Crippen molar-refractivity contribution in [2.75, 3.05) is 20.1 Å². The Morgan fingerprint density at radius 3 is 2.68 bits per heavy atom. The molecule has 0 bridgehead atoms. The molecule has 6 nitrogen and oxygen atoms in total. The predicted octanol–water partition coefficient (Wildman–Crippen LogP) is 4.09. The number of thiophene rings is 1. The van der Waals surface area contributed by atoms with E-state index in [1.165, 1.54) is 10.4 Å². The molecule has 0 saturated carbocycles. The molecule has 0 radical (unpaired) electrons. The predicted molar refractivity (Wildman–Crippen MR) is 121 cm³/mol. The molecule has 2 amide bonds. The van der Waals surface area contributed by atoms with Crippen LogP contribution in [0.2, 0.25) is 0 Å². The first-order valence-corrected chi connectivity index (χ1v) is 11.4. The van der Waals surface area contributed by atoms with Gasteiger partial charge in [0.2, 0.25) is 5.91 Å². The molecule has 1 aliphatic heterocycles. The van der Waals surface area contributed by atoms with Crippen molar-refractivity contribution in [1.82, 2.24) is 15.4 Å². The molecule has 162 valence electrons. The molecule has 3 heterocycles. The van der Waals surface area contributed by atoms with Gasteiger partial charge < -0.3 is 14.7 Å². The third-order valence-corrected chi connectivity index (χ3v) is 7.05. The minimum atomic E-state index is -0.647. The number of rotatable bonds is 6. The number of nitrogens with zero attached hydrogens (tertiary/aromatic N) is 2. The number of benzene rings is 1. The molecule has 2 aromatic heterocycles. The molecule has 0 spiro atoms. The van der Waals surface area contributed by atoms with Crippen LogP contribution in [0, 0.1) is 12.3 Å². The van der Waals surface area contributed by atoms with Crippen molar-refractivity contribution in [3.63, 3.8) is 0 Å². The van der Waals surface area contributed by atoms with Gasteiger partial charge in [0, 0.05) is 25.0 Å². The molecule has 4 rings (SSSR count). The maximum Gasteiger partial charge on any atom is 0.259 e. The number of likely N-dealkylation sites (tertiary alicyclic amines) is 1. The molecule has 31 heavy (non-hydrogen) atoms. The van der Waals surface area contributed by atoms with Gasteiger partial charge in [-0.2, -0.15) is 0 Å². The van der Waals surface area contributed by atoms with Gasteiger partial charge in [0.25, 0.3) is 5.91 Å². The van der Waals surface area contributed by atoms with Gasteiger partial charge in [0.1, 0.15) is 11.3 Å². The second-order valence-electron chi connectivity index (χ2n) is 8.10. The highest BCUT2D eigenvalue weighted by atomic mass is 32.1. The average Bonchev–Trinajstić information content (AvgIpc) is 3.54. The lowest BCUT2D eigenvalue weighted by Crippen LogP contribution is -2.44. The fourth-order valence-electron chi connectivity index (χ4n) is 4.43. The summed E-state index contributed by atoms with van der Waals surface area (Å²) in [6.45, 7) is 4.63. The zero-order valence-corrected chi connectivity index (χ0v) is 18.9. The number of hydrogen-bond acceptors (Lipinski definition) is 5. The van der Waals surface area contributed by atoms with Crippen LogP contribution in [0.3, 0.4) is 0 Å². The van der Waals surface area contributed by atoms with E-state index in [2.05, 4.69) is 46.2 Å². The first-order chi connectivity index (χ1) is 15.0. The molecule has 1 saturated heterocycles. The van der Waals surface area contributed by atoms with Gasteiger partial charge in [0.15, 0.2) is 0 Å². The summed E-state index contributed by atoms with van der Waals surface area (Å²) in [5, 5.41) is 8.90. The normalized spacial score (nSPS) is 18.4. The number of aromatic nitrogens is 1. The van der Waals surface area contributed by atoms with Crippen LogP contribution in [0.5, 0.6) is 0 Å². The topological polar surface area (TPSA) is 75.4 Å². The molecule has 1 fully saturated rings. The first kappa shape index (κ1) is 21.3. The lowest BCUT2D eigenvalue weighted by Gasteiger charge is -2.28. The highest BCUT2D eigenvalue weighted by Gasteiger charge is 2.46. The quantitative estimate of drug-likeness (QED) is 0.630. The smallest absolute Gasteiger partial charge is 0.259 e. The standard InChI is InChI=1S/C24H27N3O3S/c1-4-19-21(16(2)30-26-19)22(28)27-12-11-24(15-27,23(29)25-3)14-17-7-9-18(10-8-17)20-6-5-13-31-20/h5-10,13H,4,11-12,14-15H2,1-3H3,(H,25,29)/t24-/m0/s1. The van der Waals surface area contributed by atoms with Crippen LogP contribution in [0.15, 0.2) is 46.3 Å². The Bertz CT molecular complexity index is 1070. The fourth-order valence-corrected chi connectivity index (χ4v) is 5.17. The van der Waals surface area contributed by atoms with Gasteiger partial charge in [-0.15, -0.1) is 11.3 Å². The Kier molecular flexibility index (Phi) is 5.96. The van der Waals surface area contributed by atoms with Crippen LogP contribution < -0.4 is 5.32 Å². The SMILES string of the molecule is CCc1noc(C)c1C(=O)N1CC[C@@](Cc2ccc(-c3cccs3)cc2)(C(=O)NC)C1. The molecule has 3 aromatic rings. The lowest BCUT2D eigenvalue weighted by atomic mass is 9.79. The van der Waals surface area contributed by atoms with Crippen LogP contribution in [-0.4, -0.2) is 42.0 Å². The Morgan fingerprint density at radius 2 is 2.03 bits per heavy atom. The number of nitrogens with one attached hydrogen (secondary N) is 1. The molecule has 0 aliphatic carbocycles. The van der Waals surface area contributed by atoms with E-state index in [0.29, 0.717) is 49.4 Å². The van der Waals surface area contributed by atoms with E-state index in [9.17, 15) is 9.59 Å². The number of carbonyl (C=O) groups excluding carboxylic acids is 2. The summed E-state index contributed by atoms with van der Waals surface area (Å²) in [5.41, 5.74) is 2.82. The molecular weight excluding hydrogens is 410 g/mol. The van der Waals surface area contributed by atoms with E-state index in [-0.39, 0.29) is 11.8 Å². The monoisotopic (exact) mass is 437 g/mol. The molecular formula is C24H27N3O3S. The second kappa shape index (κ2) is 8.67. The molecule has 1 aliphatic rings. The van der Waals surface area contributed by atoms with Crippen molar-refractivity contribution in [3.05, 3.63) is 64.4 Å². The first-order valence-electron chi connectivity index (χ1n) is 10.6. The Balaban J connectivity index is 1.56. The summed E-state index contributed by atoms with van der Waals surface area (Å²) in [6.07, 6.45) is 1.84. The summed E-state index contributed by atoms with van der Waals surface area (Å²) >= 11 is 1.71. The highest BCUT2D eigenvalue weighted by Crippen LogP contribution is 2.36. The van der Waals surface area contributed by atoms with Crippen molar-refractivity contribution in [1.29, 1.82) is 0 Å². The fraction of sp³-hybridized carbons (Fsp3) is 0.375. The zero-order valence-electron chi connectivity index (χ0n) is 18.1. The van der Waals surface area contributed by atoms with E-state index in [1.54, 1.807) is 30.2 Å². The molecule has 1 aromatic carbocycles. The van der Waals surface area contributed by atoms with Crippen LogP contribution in [0.1, 0.15) is 40.7 Å². The highest BCUT2D eigenvalue weighted by molar-refractivity contribution is 7.13. The number of carbonyl (C=O) groups is 2. The van der Waals surface area contributed by atoms with Crippen molar-refractivity contribution >= 4 is 23.2 Å². The zero-order chi connectivity index (χ0) is 22.0. The van der Waals surface area contributed by atoms with Crippen LogP contribution >= 0.6 is 11.3 Å². The van der Waals surface area contributed by atoms with Crippen molar-refractivity contribution in [3.8, 4) is 10.4 Å². The summed E-state index contributed by atoms with van der Waals surface area (Å²) in [5.74, 6) is 0.403. The van der Waals surface area contributed by atoms with E-state index in [4.69, 9.17) is 4.52 Å². The largest absolute Gasteiger partial charge is 0.361 e. The maximum absolute atomic E-state index is 13.2. The Hall–Kier alpha value is -2.93. The number of amides is 2. The molecule has 1 atom stereocenters. The molecule has 7 heteroatoms. The lowest BCUT2D eigenvalue weighted by molar-refractivity contribution is -0.129. The molecule has 0 unspecified atom stereocenters. The van der Waals surface area contributed by atoms with Crippen molar-refractivity contribution in [2.45, 2.75) is 33.1 Å². The van der Waals surface area contributed by atoms with Gasteiger partial charge in [0.05, 0.1) is 11.1 Å².